The molecule has 4 rings (SSSR count). The molecule has 1 aromatic heterocycles. The fourth-order valence-electron chi connectivity index (χ4n) is 3.27. The molecule has 2 aliphatic rings. The maximum Gasteiger partial charge on any atom is 0.204 e. The standard InChI is InChI=1S/C15H12BrNO3/c1-6-13(16)15(19)12-8(17-6)3-2-7-11(12)9-4-5-10(20-9)14(7)18/h2-3,9-10H,4-5H2,1H3,(H,17,19)/t9-,10+/m0/s1. The molecule has 0 aliphatic carbocycles. The topological polar surface area (TPSA) is 59.2 Å². The lowest BCUT2D eigenvalue weighted by atomic mass is 9.93. The molecule has 5 heteroatoms. The first-order valence-electron chi connectivity index (χ1n) is 6.62. The summed E-state index contributed by atoms with van der Waals surface area (Å²) >= 11 is 3.33. The average Bonchev–Trinajstić information content (AvgIpc) is 2.87. The van der Waals surface area contributed by atoms with Gasteiger partial charge in [0.15, 0.2) is 5.78 Å². The summed E-state index contributed by atoms with van der Waals surface area (Å²) in [6, 6.07) is 3.63. The first-order chi connectivity index (χ1) is 9.58. The minimum absolute atomic E-state index is 0.00625. The summed E-state index contributed by atoms with van der Waals surface area (Å²) in [4.78, 5) is 28.1. The van der Waals surface area contributed by atoms with E-state index in [9.17, 15) is 9.59 Å². The van der Waals surface area contributed by atoms with Gasteiger partial charge in [-0.2, -0.15) is 0 Å². The van der Waals surface area contributed by atoms with E-state index < -0.39 is 0 Å². The molecule has 4 nitrogen and oxygen atoms in total. The van der Waals surface area contributed by atoms with Gasteiger partial charge in [-0.3, -0.25) is 9.59 Å². The Labute approximate surface area is 123 Å². The average molecular weight is 334 g/mol. The maximum atomic E-state index is 12.6. The highest BCUT2D eigenvalue weighted by atomic mass is 79.9. The summed E-state index contributed by atoms with van der Waals surface area (Å²) in [6.07, 6.45) is 1.09. The summed E-state index contributed by atoms with van der Waals surface area (Å²) in [6.45, 7) is 1.84. The second-order valence-corrected chi connectivity index (χ2v) is 6.19. The van der Waals surface area contributed by atoms with Crippen LogP contribution in [0.15, 0.2) is 21.4 Å². The molecule has 1 N–H and O–H groups in total. The number of benzene rings is 1. The number of H-pyrrole nitrogens is 1. The Hall–Kier alpha value is -1.46. The molecular formula is C15H12BrNO3. The molecule has 0 unspecified atom stereocenters. The van der Waals surface area contributed by atoms with Crippen LogP contribution in [0.4, 0.5) is 0 Å². The number of fused-ring (bicyclic) bond motifs is 6. The second kappa shape index (κ2) is 4.02. The van der Waals surface area contributed by atoms with Crippen molar-refractivity contribution in [2.75, 3.05) is 0 Å². The van der Waals surface area contributed by atoms with Gasteiger partial charge in [0, 0.05) is 22.3 Å². The van der Waals surface area contributed by atoms with Crippen molar-refractivity contribution in [3.63, 3.8) is 0 Å². The third-order valence-corrected chi connectivity index (χ3v) is 5.18. The molecule has 2 bridgehead atoms. The van der Waals surface area contributed by atoms with Gasteiger partial charge in [0.2, 0.25) is 5.43 Å². The second-order valence-electron chi connectivity index (χ2n) is 5.40. The number of nitrogens with one attached hydrogen (secondary N) is 1. The predicted molar refractivity (Wildman–Crippen MR) is 78.2 cm³/mol. The molecule has 0 radical (unpaired) electrons. The van der Waals surface area contributed by atoms with Crippen LogP contribution in [0, 0.1) is 6.92 Å². The van der Waals surface area contributed by atoms with Crippen LogP contribution in [0.25, 0.3) is 10.9 Å². The third kappa shape index (κ3) is 1.45. The summed E-state index contributed by atoms with van der Waals surface area (Å²) in [5, 5.41) is 0.582. The zero-order valence-corrected chi connectivity index (χ0v) is 12.4. The Balaban J connectivity index is 2.17. The fraction of sp³-hybridized carbons (Fsp3) is 0.333. The molecule has 102 valence electrons. The van der Waals surface area contributed by atoms with Gasteiger partial charge in [-0.15, -0.1) is 0 Å². The summed E-state index contributed by atoms with van der Waals surface area (Å²) in [5.74, 6) is 0.00625. The van der Waals surface area contributed by atoms with Crippen LogP contribution >= 0.6 is 15.9 Å². The molecule has 1 aromatic carbocycles. The molecule has 0 saturated carbocycles. The number of halogens is 1. The minimum Gasteiger partial charge on any atom is -0.362 e. The monoisotopic (exact) mass is 333 g/mol. The van der Waals surface area contributed by atoms with E-state index in [2.05, 4.69) is 20.9 Å². The van der Waals surface area contributed by atoms with Crippen LogP contribution in [0.2, 0.25) is 0 Å². The summed E-state index contributed by atoms with van der Waals surface area (Å²) in [5.41, 5.74) is 2.89. The number of pyridine rings is 1. The van der Waals surface area contributed by atoms with Crippen molar-refractivity contribution in [3.8, 4) is 0 Å². The largest absolute Gasteiger partial charge is 0.362 e. The number of hydrogen-bond donors (Lipinski definition) is 1. The van der Waals surface area contributed by atoms with Crippen molar-refractivity contribution in [2.45, 2.75) is 32.0 Å². The van der Waals surface area contributed by atoms with E-state index in [1.54, 1.807) is 0 Å². The number of Topliss-reactive ketones (excluding diaryl/α,β-unsaturated/α-hetero) is 1. The molecule has 0 amide bonds. The van der Waals surface area contributed by atoms with Crippen molar-refractivity contribution in [2.24, 2.45) is 0 Å². The van der Waals surface area contributed by atoms with Gasteiger partial charge in [-0.05, 0) is 47.8 Å². The van der Waals surface area contributed by atoms with Crippen molar-refractivity contribution in [1.82, 2.24) is 4.98 Å². The van der Waals surface area contributed by atoms with Crippen molar-refractivity contribution in [3.05, 3.63) is 43.6 Å². The van der Waals surface area contributed by atoms with Gasteiger partial charge >= 0.3 is 0 Å². The lowest BCUT2D eigenvalue weighted by Crippen LogP contribution is -2.27. The van der Waals surface area contributed by atoms with E-state index in [0.29, 0.717) is 15.4 Å². The van der Waals surface area contributed by atoms with E-state index in [0.717, 1.165) is 29.6 Å². The molecule has 2 aliphatic heterocycles. The molecule has 1 fully saturated rings. The van der Waals surface area contributed by atoms with Crippen LogP contribution < -0.4 is 5.43 Å². The number of aromatic nitrogens is 1. The van der Waals surface area contributed by atoms with Crippen LogP contribution in [0.1, 0.15) is 40.6 Å². The fourth-order valence-corrected chi connectivity index (χ4v) is 3.57. The van der Waals surface area contributed by atoms with Gasteiger partial charge in [0.25, 0.3) is 0 Å². The van der Waals surface area contributed by atoms with Crippen LogP contribution in [0.3, 0.4) is 0 Å². The highest BCUT2D eigenvalue weighted by Crippen LogP contribution is 2.43. The quantitative estimate of drug-likeness (QED) is 0.806. The number of hydrogen-bond acceptors (Lipinski definition) is 3. The van der Waals surface area contributed by atoms with E-state index in [-0.39, 0.29) is 23.4 Å². The van der Waals surface area contributed by atoms with E-state index in [1.165, 1.54) is 0 Å². The Kier molecular flexibility index (Phi) is 2.47. The Morgan fingerprint density at radius 3 is 2.80 bits per heavy atom. The van der Waals surface area contributed by atoms with Gasteiger partial charge in [-0.1, -0.05) is 0 Å². The van der Waals surface area contributed by atoms with Gasteiger partial charge in [-0.25, -0.2) is 0 Å². The first kappa shape index (κ1) is 12.3. The van der Waals surface area contributed by atoms with Crippen LogP contribution in [0.5, 0.6) is 0 Å². The van der Waals surface area contributed by atoms with E-state index in [1.807, 2.05) is 19.1 Å². The molecule has 20 heavy (non-hydrogen) atoms. The SMILES string of the molecule is Cc1[nH]c2ccc3c(c2c(=O)c1Br)[C@@H]1CC[C@@H](O1)C3=O. The lowest BCUT2D eigenvalue weighted by Gasteiger charge is -2.24. The Bertz CT molecular complexity index is 824. The van der Waals surface area contributed by atoms with Gasteiger partial charge in [0.1, 0.15) is 6.10 Å². The molecule has 3 heterocycles. The summed E-state index contributed by atoms with van der Waals surface area (Å²) < 4.78 is 6.27. The number of ketones is 1. The normalized spacial score (nSPS) is 24.2. The molecule has 2 atom stereocenters. The lowest BCUT2D eigenvalue weighted by molar-refractivity contribution is 0.0294. The Morgan fingerprint density at radius 2 is 2.00 bits per heavy atom. The minimum atomic E-state index is -0.321. The highest BCUT2D eigenvalue weighted by Gasteiger charge is 2.41. The zero-order valence-electron chi connectivity index (χ0n) is 10.8. The molecular weight excluding hydrogens is 322 g/mol. The van der Waals surface area contributed by atoms with Crippen molar-refractivity contribution >= 4 is 32.6 Å². The molecule has 0 spiro atoms. The molecule has 1 saturated heterocycles. The Morgan fingerprint density at radius 1 is 1.25 bits per heavy atom. The zero-order chi connectivity index (χ0) is 14.0. The molecule has 2 aromatic rings. The number of ether oxygens (including phenoxy) is 1. The maximum absolute atomic E-state index is 12.6. The van der Waals surface area contributed by atoms with Gasteiger partial charge in [0.05, 0.1) is 16.0 Å². The highest BCUT2D eigenvalue weighted by molar-refractivity contribution is 9.10. The van der Waals surface area contributed by atoms with Crippen LogP contribution in [-0.2, 0) is 4.74 Å². The number of aromatic amines is 1. The first-order valence-corrected chi connectivity index (χ1v) is 7.42. The van der Waals surface area contributed by atoms with Crippen molar-refractivity contribution < 1.29 is 9.53 Å². The van der Waals surface area contributed by atoms with Crippen LogP contribution in [-0.4, -0.2) is 16.9 Å². The summed E-state index contributed by atoms with van der Waals surface area (Å²) in [7, 11) is 0. The third-order valence-electron chi connectivity index (χ3n) is 4.22. The number of aryl methyl sites for hydroxylation is 1. The predicted octanol–water partition coefficient (Wildman–Crippen LogP) is 3.02. The van der Waals surface area contributed by atoms with E-state index >= 15 is 0 Å². The smallest absolute Gasteiger partial charge is 0.204 e. The number of carbonyl (C=O) groups excluding carboxylic acids is 1. The number of rotatable bonds is 0. The number of carbonyl (C=O) groups is 1. The van der Waals surface area contributed by atoms with E-state index in [4.69, 9.17) is 4.74 Å². The van der Waals surface area contributed by atoms with Crippen molar-refractivity contribution in [1.29, 1.82) is 0 Å². The van der Waals surface area contributed by atoms with Gasteiger partial charge < -0.3 is 9.72 Å².